The van der Waals surface area contributed by atoms with Gasteiger partial charge in [0, 0.05) is 25.3 Å². The van der Waals surface area contributed by atoms with Crippen LogP contribution in [0, 0.1) is 0 Å². The monoisotopic (exact) mass is 321 g/mol. The molecule has 0 saturated carbocycles. The predicted octanol–water partition coefficient (Wildman–Crippen LogP) is 1.55. The average Bonchev–Trinajstić information content (AvgIpc) is 2.50. The molecule has 7 nitrogen and oxygen atoms in total. The average molecular weight is 321 g/mol. The molecule has 0 fully saturated rings. The van der Waals surface area contributed by atoms with E-state index >= 15 is 0 Å². The van der Waals surface area contributed by atoms with Gasteiger partial charge in [0.25, 0.3) is 5.91 Å². The van der Waals surface area contributed by atoms with Crippen molar-refractivity contribution in [1.29, 1.82) is 0 Å². The number of carbonyl (C=O) groups is 4. The molecule has 0 heterocycles. The highest BCUT2D eigenvalue weighted by Crippen LogP contribution is 2.14. The maximum Gasteiger partial charge on any atom is 0.326 e. The lowest BCUT2D eigenvalue weighted by Crippen LogP contribution is -2.41. The number of carboxylic acids is 1. The molecule has 1 amide bonds. The van der Waals surface area contributed by atoms with Crippen molar-refractivity contribution in [2.75, 3.05) is 0 Å². The fourth-order valence-electron chi connectivity index (χ4n) is 1.85. The molecule has 0 aliphatic carbocycles. The van der Waals surface area contributed by atoms with Gasteiger partial charge < -0.3 is 15.2 Å². The second kappa shape index (κ2) is 8.67. The largest absolute Gasteiger partial charge is 0.480 e. The summed E-state index contributed by atoms with van der Waals surface area (Å²) in [4.78, 5) is 45.5. The number of hydrogen-bond donors (Lipinski definition) is 2. The third kappa shape index (κ3) is 6.29. The molecule has 1 atom stereocenters. The molecular weight excluding hydrogens is 302 g/mol. The Balaban J connectivity index is 2.76. The number of carbonyl (C=O) groups excluding carboxylic acids is 3. The first-order chi connectivity index (χ1) is 10.8. The summed E-state index contributed by atoms with van der Waals surface area (Å²) in [5.41, 5.74) is 0.164. The van der Waals surface area contributed by atoms with Crippen LogP contribution in [0.1, 0.15) is 43.5 Å². The van der Waals surface area contributed by atoms with Gasteiger partial charge in [-0.25, -0.2) is 4.79 Å². The number of hydrogen-bond acceptors (Lipinski definition) is 5. The molecule has 0 spiro atoms. The number of ketones is 1. The van der Waals surface area contributed by atoms with Crippen LogP contribution >= 0.6 is 0 Å². The van der Waals surface area contributed by atoms with Gasteiger partial charge in [0.15, 0.2) is 0 Å². The van der Waals surface area contributed by atoms with Crippen LogP contribution in [-0.4, -0.2) is 34.8 Å². The minimum absolute atomic E-state index is 0.0252. The smallest absolute Gasteiger partial charge is 0.326 e. The van der Waals surface area contributed by atoms with Crippen molar-refractivity contribution in [2.24, 2.45) is 0 Å². The summed E-state index contributed by atoms with van der Waals surface area (Å²) in [6.07, 6.45) is 0.434. The Labute approximate surface area is 133 Å². The number of amides is 1. The van der Waals surface area contributed by atoms with Gasteiger partial charge >= 0.3 is 11.9 Å². The molecule has 0 aliphatic heterocycles. The van der Waals surface area contributed by atoms with E-state index in [1.807, 2.05) is 0 Å². The first kappa shape index (κ1) is 18.3. The molecule has 0 unspecified atom stereocenters. The number of rotatable bonds is 8. The summed E-state index contributed by atoms with van der Waals surface area (Å²) in [6, 6.07) is 4.68. The van der Waals surface area contributed by atoms with Gasteiger partial charge in [-0.3, -0.25) is 14.4 Å². The third-order valence-electron chi connectivity index (χ3n) is 3.07. The maximum atomic E-state index is 12.1. The van der Waals surface area contributed by atoms with E-state index in [0.29, 0.717) is 6.42 Å². The third-order valence-corrected chi connectivity index (χ3v) is 3.07. The van der Waals surface area contributed by atoms with Crippen molar-refractivity contribution in [2.45, 2.75) is 39.2 Å². The van der Waals surface area contributed by atoms with Crippen LogP contribution in [0.5, 0.6) is 5.75 Å². The molecule has 0 radical (unpaired) electrons. The van der Waals surface area contributed by atoms with Crippen LogP contribution in [0.15, 0.2) is 24.3 Å². The molecule has 0 saturated heterocycles. The summed E-state index contributed by atoms with van der Waals surface area (Å²) < 4.78 is 4.87. The number of benzene rings is 1. The van der Waals surface area contributed by atoms with Crippen LogP contribution in [0.2, 0.25) is 0 Å². The Bertz CT molecular complexity index is 610. The molecule has 23 heavy (non-hydrogen) atoms. The lowest BCUT2D eigenvalue weighted by molar-refractivity contribution is -0.139. The number of aliphatic carboxylic acids is 1. The Morgan fingerprint density at radius 2 is 1.96 bits per heavy atom. The number of carboxylic acid groups (broad SMARTS) is 1. The predicted molar refractivity (Wildman–Crippen MR) is 81.2 cm³/mol. The van der Waals surface area contributed by atoms with E-state index in [4.69, 9.17) is 9.84 Å². The Hall–Kier alpha value is -2.70. The lowest BCUT2D eigenvalue weighted by Gasteiger charge is -2.14. The van der Waals surface area contributed by atoms with Gasteiger partial charge in [0.05, 0.1) is 0 Å². The molecule has 1 aromatic carbocycles. The molecule has 124 valence electrons. The topological polar surface area (TPSA) is 110 Å². The summed E-state index contributed by atoms with van der Waals surface area (Å²) in [7, 11) is 0. The van der Waals surface area contributed by atoms with Crippen LogP contribution < -0.4 is 10.1 Å². The summed E-state index contributed by atoms with van der Waals surface area (Å²) in [5.74, 6) is -2.22. The summed E-state index contributed by atoms with van der Waals surface area (Å²) in [6.45, 7) is 2.93. The first-order valence-corrected chi connectivity index (χ1v) is 7.17. The lowest BCUT2D eigenvalue weighted by atomic mass is 10.1. The van der Waals surface area contributed by atoms with Crippen LogP contribution in [-0.2, 0) is 14.4 Å². The maximum absolute atomic E-state index is 12.1. The molecule has 1 rings (SSSR count). The van der Waals surface area contributed by atoms with Crippen molar-refractivity contribution >= 4 is 23.6 Å². The summed E-state index contributed by atoms with van der Waals surface area (Å²) >= 11 is 0. The zero-order valence-corrected chi connectivity index (χ0v) is 13.0. The molecule has 0 bridgehead atoms. The van der Waals surface area contributed by atoms with Crippen LogP contribution in [0.4, 0.5) is 0 Å². The van der Waals surface area contributed by atoms with Gasteiger partial charge in [-0.2, -0.15) is 0 Å². The quantitative estimate of drug-likeness (QED) is 0.555. The second-order valence-electron chi connectivity index (χ2n) is 4.92. The molecular formula is C16H19NO6. The SMILES string of the molecule is CCC(=O)CC[C@@H](NC(=O)c1cccc(OC(C)=O)c1)C(=O)O. The highest BCUT2D eigenvalue weighted by Gasteiger charge is 2.21. The fourth-order valence-corrected chi connectivity index (χ4v) is 1.85. The van der Waals surface area contributed by atoms with Gasteiger partial charge in [0.2, 0.25) is 0 Å². The Morgan fingerprint density at radius 1 is 1.26 bits per heavy atom. The van der Waals surface area contributed by atoms with Crippen LogP contribution in [0.3, 0.4) is 0 Å². The van der Waals surface area contributed by atoms with E-state index in [0.717, 1.165) is 0 Å². The number of nitrogens with one attached hydrogen (secondary N) is 1. The minimum atomic E-state index is -1.21. The van der Waals surface area contributed by atoms with E-state index < -0.39 is 23.9 Å². The highest BCUT2D eigenvalue weighted by molar-refractivity contribution is 5.97. The van der Waals surface area contributed by atoms with Crippen molar-refractivity contribution in [3.8, 4) is 5.75 Å². The Morgan fingerprint density at radius 3 is 2.52 bits per heavy atom. The van der Waals surface area contributed by atoms with Gasteiger partial charge in [-0.05, 0) is 24.6 Å². The van der Waals surface area contributed by atoms with Gasteiger partial charge in [-0.1, -0.05) is 13.0 Å². The van der Waals surface area contributed by atoms with Gasteiger partial charge in [0.1, 0.15) is 17.6 Å². The van der Waals surface area contributed by atoms with Crippen molar-refractivity contribution in [1.82, 2.24) is 5.32 Å². The molecule has 2 N–H and O–H groups in total. The summed E-state index contributed by atoms with van der Waals surface area (Å²) in [5, 5.41) is 11.5. The fraction of sp³-hybridized carbons (Fsp3) is 0.375. The van der Waals surface area contributed by atoms with Crippen LogP contribution in [0.25, 0.3) is 0 Å². The zero-order valence-electron chi connectivity index (χ0n) is 13.0. The van der Waals surface area contributed by atoms with Crippen molar-refractivity contribution in [3.05, 3.63) is 29.8 Å². The standard InChI is InChI=1S/C16H19NO6/c1-3-12(19)7-8-14(16(21)22)17-15(20)11-5-4-6-13(9-11)23-10(2)18/h4-6,9,14H,3,7-8H2,1-2H3,(H,17,20)(H,21,22)/t14-/m1/s1. The van der Waals surface area contributed by atoms with Gasteiger partial charge in [-0.15, -0.1) is 0 Å². The molecule has 0 aliphatic rings. The Kier molecular flexibility index (Phi) is 6.92. The molecule has 0 aromatic heterocycles. The van der Waals surface area contributed by atoms with E-state index in [9.17, 15) is 19.2 Å². The second-order valence-corrected chi connectivity index (χ2v) is 4.92. The minimum Gasteiger partial charge on any atom is -0.480 e. The number of esters is 1. The van der Waals surface area contributed by atoms with Crippen molar-refractivity contribution in [3.63, 3.8) is 0 Å². The zero-order chi connectivity index (χ0) is 17.4. The number of ether oxygens (including phenoxy) is 1. The highest BCUT2D eigenvalue weighted by atomic mass is 16.5. The van der Waals surface area contributed by atoms with E-state index in [1.54, 1.807) is 6.92 Å². The van der Waals surface area contributed by atoms with E-state index in [2.05, 4.69) is 5.32 Å². The first-order valence-electron chi connectivity index (χ1n) is 7.17. The van der Waals surface area contributed by atoms with E-state index in [1.165, 1.54) is 31.2 Å². The normalized spacial score (nSPS) is 11.4. The number of Topliss-reactive ketones (excluding diaryl/α,β-unsaturated/α-hetero) is 1. The molecule has 7 heteroatoms. The van der Waals surface area contributed by atoms with Crippen molar-refractivity contribution < 1.29 is 29.0 Å². The van der Waals surface area contributed by atoms with E-state index in [-0.39, 0.29) is 29.9 Å². The molecule has 1 aromatic rings.